The third kappa shape index (κ3) is 7.39. The standard InChI is InChI=1S/C9H19NS.C2H6/c1-10(2)8-9-4-3-6-11-7-5-9;1-2/h9H,3-8H2,1-2H3;1-2H3. The second-order valence-electron chi connectivity index (χ2n) is 3.67. The molecule has 1 fully saturated rings. The lowest BCUT2D eigenvalue weighted by Crippen LogP contribution is -2.21. The Kier molecular flexibility index (Phi) is 9.10. The van der Waals surface area contributed by atoms with Gasteiger partial charge in [0, 0.05) is 6.54 Å². The molecule has 1 aliphatic heterocycles. The summed E-state index contributed by atoms with van der Waals surface area (Å²) in [5, 5.41) is 0. The van der Waals surface area contributed by atoms with Gasteiger partial charge in [-0.1, -0.05) is 13.8 Å². The zero-order valence-electron chi connectivity index (χ0n) is 9.68. The van der Waals surface area contributed by atoms with E-state index < -0.39 is 0 Å². The van der Waals surface area contributed by atoms with Crippen LogP contribution in [0.5, 0.6) is 0 Å². The molecule has 1 heterocycles. The van der Waals surface area contributed by atoms with Crippen LogP contribution in [0.4, 0.5) is 0 Å². The van der Waals surface area contributed by atoms with Gasteiger partial charge >= 0.3 is 0 Å². The van der Waals surface area contributed by atoms with Crippen molar-refractivity contribution in [2.45, 2.75) is 33.1 Å². The fraction of sp³-hybridized carbons (Fsp3) is 1.00. The highest BCUT2D eigenvalue weighted by molar-refractivity contribution is 7.99. The third-order valence-electron chi connectivity index (χ3n) is 2.19. The molecule has 1 nitrogen and oxygen atoms in total. The van der Waals surface area contributed by atoms with Crippen molar-refractivity contribution in [1.82, 2.24) is 4.90 Å². The van der Waals surface area contributed by atoms with E-state index in [0.717, 1.165) is 5.92 Å². The van der Waals surface area contributed by atoms with Crippen molar-refractivity contribution < 1.29 is 0 Å². The number of hydrogen-bond donors (Lipinski definition) is 0. The maximum absolute atomic E-state index is 2.32. The van der Waals surface area contributed by atoms with Gasteiger partial charge < -0.3 is 4.90 Å². The van der Waals surface area contributed by atoms with Crippen molar-refractivity contribution in [2.75, 3.05) is 32.1 Å². The van der Waals surface area contributed by atoms with Crippen molar-refractivity contribution in [3.63, 3.8) is 0 Å². The van der Waals surface area contributed by atoms with Crippen molar-refractivity contribution >= 4 is 11.8 Å². The zero-order chi connectivity index (χ0) is 10.1. The van der Waals surface area contributed by atoms with E-state index in [1.807, 2.05) is 13.8 Å². The summed E-state index contributed by atoms with van der Waals surface area (Å²) in [5.41, 5.74) is 0. The number of nitrogens with zero attached hydrogens (tertiary/aromatic N) is 1. The topological polar surface area (TPSA) is 3.24 Å². The first-order chi connectivity index (χ1) is 6.29. The first-order valence-corrected chi connectivity index (χ1v) is 6.67. The Labute approximate surface area is 88.3 Å². The highest BCUT2D eigenvalue weighted by atomic mass is 32.2. The molecule has 13 heavy (non-hydrogen) atoms. The fourth-order valence-electron chi connectivity index (χ4n) is 1.67. The Morgan fingerprint density at radius 2 is 1.85 bits per heavy atom. The molecule has 0 aromatic carbocycles. The van der Waals surface area contributed by atoms with Crippen molar-refractivity contribution in [1.29, 1.82) is 0 Å². The Balaban J connectivity index is 0.000000671. The van der Waals surface area contributed by atoms with E-state index in [2.05, 4.69) is 30.8 Å². The van der Waals surface area contributed by atoms with Gasteiger partial charge in [-0.2, -0.15) is 11.8 Å². The van der Waals surface area contributed by atoms with Crippen molar-refractivity contribution in [2.24, 2.45) is 5.92 Å². The molecule has 0 radical (unpaired) electrons. The molecule has 1 unspecified atom stereocenters. The average molecular weight is 203 g/mol. The summed E-state index contributed by atoms with van der Waals surface area (Å²) < 4.78 is 0. The molecular formula is C11H25NS. The lowest BCUT2D eigenvalue weighted by atomic mass is 10.0. The van der Waals surface area contributed by atoms with E-state index in [4.69, 9.17) is 0 Å². The molecule has 1 saturated heterocycles. The number of thioether (sulfide) groups is 1. The SMILES string of the molecule is CC.CN(C)CC1CCCSCC1. The molecule has 2 heteroatoms. The van der Waals surface area contributed by atoms with Crippen LogP contribution in [0.25, 0.3) is 0 Å². The summed E-state index contributed by atoms with van der Waals surface area (Å²) in [5.74, 6) is 3.75. The minimum atomic E-state index is 0.972. The maximum atomic E-state index is 2.32. The highest BCUT2D eigenvalue weighted by Crippen LogP contribution is 2.22. The molecule has 1 rings (SSSR count). The molecule has 0 N–H and O–H groups in total. The summed E-state index contributed by atoms with van der Waals surface area (Å²) in [6.07, 6.45) is 4.32. The van der Waals surface area contributed by atoms with Crippen LogP contribution < -0.4 is 0 Å². The Morgan fingerprint density at radius 3 is 2.46 bits per heavy atom. The number of hydrogen-bond acceptors (Lipinski definition) is 2. The summed E-state index contributed by atoms with van der Waals surface area (Å²) >= 11 is 2.13. The van der Waals surface area contributed by atoms with Crippen LogP contribution in [0.1, 0.15) is 33.1 Å². The van der Waals surface area contributed by atoms with E-state index in [-0.39, 0.29) is 0 Å². The van der Waals surface area contributed by atoms with Gasteiger partial charge in [0.15, 0.2) is 0 Å². The largest absolute Gasteiger partial charge is 0.309 e. The van der Waals surface area contributed by atoms with Crippen LogP contribution in [0.15, 0.2) is 0 Å². The Hall–Kier alpha value is 0.310. The van der Waals surface area contributed by atoms with Crippen LogP contribution in [0.2, 0.25) is 0 Å². The van der Waals surface area contributed by atoms with E-state index >= 15 is 0 Å². The quantitative estimate of drug-likeness (QED) is 0.678. The minimum absolute atomic E-state index is 0.972. The molecule has 0 aromatic heterocycles. The van der Waals surface area contributed by atoms with E-state index in [9.17, 15) is 0 Å². The maximum Gasteiger partial charge on any atom is 0.000386 e. The Morgan fingerprint density at radius 1 is 1.15 bits per heavy atom. The van der Waals surface area contributed by atoms with Crippen LogP contribution >= 0.6 is 11.8 Å². The highest BCUT2D eigenvalue weighted by Gasteiger charge is 2.12. The van der Waals surface area contributed by atoms with Gasteiger partial charge in [0.2, 0.25) is 0 Å². The van der Waals surface area contributed by atoms with Gasteiger partial charge in [-0.3, -0.25) is 0 Å². The third-order valence-corrected chi connectivity index (χ3v) is 3.30. The predicted molar refractivity (Wildman–Crippen MR) is 64.6 cm³/mol. The summed E-state index contributed by atoms with van der Waals surface area (Å²) in [7, 11) is 4.36. The zero-order valence-corrected chi connectivity index (χ0v) is 10.5. The van der Waals surface area contributed by atoms with Gasteiger partial charge in [-0.05, 0) is 50.8 Å². The second-order valence-corrected chi connectivity index (χ2v) is 4.90. The van der Waals surface area contributed by atoms with Crippen LogP contribution in [-0.4, -0.2) is 37.0 Å². The second kappa shape index (κ2) is 8.89. The lowest BCUT2D eigenvalue weighted by molar-refractivity contribution is 0.308. The van der Waals surface area contributed by atoms with Gasteiger partial charge in [-0.25, -0.2) is 0 Å². The molecule has 0 amide bonds. The van der Waals surface area contributed by atoms with Crippen molar-refractivity contribution in [3.05, 3.63) is 0 Å². The molecular weight excluding hydrogens is 178 g/mol. The molecule has 0 spiro atoms. The monoisotopic (exact) mass is 203 g/mol. The van der Waals surface area contributed by atoms with Crippen LogP contribution in [0.3, 0.4) is 0 Å². The molecule has 80 valence electrons. The molecule has 0 aromatic rings. The van der Waals surface area contributed by atoms with E-state index in [1.165, 1.54) is 37.3 Å². The van der Waals surface area contributed by atoms with Crippen LogP contribution in [-0.2, 0) is 0 Å². The fourth-order valence-corrected chi connectivity index (χ4v) is 2.74. The van der Waals surface area contributed by atoms with Gasteiger partial charge in [0.1, 0.15) is 0 Å². The average Bonchev–Trinajstić information content (AvgIpc) is 2.36. The predicted octanol–water partition coefficient (Wildman–Crippen LogP) is 3.11. The van der Waals surface area contributed by atoms with Gasteiger partial charge in [0.25, 0.3) is 0 Å². The van der Waals surface area contributed by atoms with E-state index in [1.54, 1.807) is 0 Å². The number of rotatable bonds is 2. The van der Waals surface area contributed by atoms with Crippen LogP contribution in [0, 0.1) is 5.92 Å². The van der Waals surface area contributed by atoms with E-state index in [0.29, 0.717) is 0 Å². The minimum Gasteiger partial charge on any atom is -0.309 e. The van der Waals surface area contributed by atoms with Gasteiger partial charge in [0.05, 0.1) is 0 Å². The summed E-state index contributed by atoms with van der Waals surface area (Å²) in [4.78, 5) is 2.32. The summed E-state index contributed by atoms with van der Waals surface area (Å²) in [6, 6.07) is 0. The molecule has 0 aliphatic carbocycles. The molecule has 1 aliphatic rings. The lowest BCUT2D eigenvalue weighted by Gasteiger charge is -2.18. The first kappa shape index (κ1) is 13.3. The smallest absolute Gasteiger partial charge is 0.000386 e. The Bertz CT molecular complexity index is 96.3. The first-order valence-electron chi connectivity index (χ1n) is 5.51. The molecule has 0 bridgehead atoms. The summed E-state index contributed by atoms with van der Waals surface area (Å²) in [6.45, 7) is 5.29. The molecule has 1 atom stereocenters. The normalized spacial score (nSPS) is 23.3. The van der Waals surface area contributed by atoms with Gasteiger partial charge in [-0.15, -0.1) is 0 Å². The van der Waals surface area contributed by atoms with Crippen molar-refractivity contribution in [3.8, 4) is 0 Å². The molecule has 0 saturated carbocycles.